The highest BCUT2D eigenvalue weighted by atomic mass is 19.1. The maximum Gasteiger partial charge on any atom is 0.305 e. The molecule has 1 aliphatic heterocycles. The lowest BCUT2D eigenvalue weighted by Gasteiger charge is -2.31. The fourth-order valence-electron chi connectivity index (χ4n) is 5.44. The molecule has 1 saturated heterocycles. The predicted octanol–water partition coefficient (Wildman–Crippen LogP) is 3.65. The number of rotatable bonds is 10. The molecule has 2 aliphatic rings. The zero-order valence-corrected chi connectivity index (χ0v) is 21.8. The number of nitrogens with zero attached hydrogens (tertiary/aromatic N) is 3. The van der Waals surface area contributed by atoms with Crippen LogP contribution in [0.15, 0.2) is 48.5 Å². The van der Waals surface area contributed by atoms with Crippen molar-refractivity contribution in [3.8, 4) is 0 Å². The molecule has 3 amide bonds. The van der Waals surface area contributed by atoms with Crippen molar-refractivity contribution in [3.63, 3.8) is 0 Å². The van der Waals surface area contributed by atoms with Gasteiger partial charge in [-0.3, -0.25) is 29.3 Å². The molecule has 2 fully saturated rings. The number of carbonyl (C=O) groups is 4. The second kappa shape index (κ2) is 12.7. The van der Waals surface area contributed by atoms with Gasteiger partial charge in [-0.1, -0.05) is 37.8 Å². The van der Waals surface area contributed by atoms with Crippen molar-refractivity contribution in [1.82, 2.24) is 15.1 Å². The Bertz CT molecular complexity index is 1280. The van der Waals surface area contributed by atoms with Crippen molar-refractivity contribution in [2.24, 2.45) is 5.92 Å². The number of carboxylic acid groups (broad SMARTS) is 1. The van der Waals surface area contributed by atoms with E-state index in [9.17, 15) is 38.8 Å². The van der Waals surface area contributed by atoms with Crippen LogP contribution in [0.3, 0.4) is 0 Å². The standard InChI is InChI=1S/C28H31FN4O7/c29-21-11-9-19(10-12-21)28(38)32-15-14-31(24(34)13-8-18-4-1-2-5-18)27(32)26(37)30-23(17-25(35)36)20-6-3-7-22(16-20)33(39)40/h3,6-7,9-12,16,18,23,27H,1-2,4-5,8,13-15,17H2,(H,30,37)(H,35,36). The second-order valence-electron chi connectivity index (χ2n) is 10.2. The lowest BCUT2D eigenvalue weighted by atomic mass is 10.0. The molecule has 1 saturated carbocycles. The molecule has 2 aromatic carbocycles. The first-order valence-corrected chi connectivity index (χ1v) is 13.3. The highest BCUT2D eigenvalue weighted by Gasteiger charge is 2.43. The van der Waals surface area contributed by atoms with Crippen LogP contribution in [0.4, 0.5) is 10.1 Å². The van der Waals surface area contributed by atoms with E-state index in [1.54, 1.807) is 0 Å². The Labute approximate surface area is 230 Å². The molecule has 0 spiro atoms. The van der Waals surface area contributed by atoms with Gasteiger partial charge in [-0.15, -0.1) is 0 Å². The number of carboxylic acids is 1. The number of carbonyl (C=O) groups excluding carboxylic acids is 3. The summed E-state index contributed by atoms with van der Waals surface area (Å²) in [6.45, 7) is 0.138. The van der Waals surface area contributed by atoms with Gasteiger partial charge in [-0.25, -0.2) is 4.39 Å². The highest BCUT2D eigenvalue weighted by Crippen LogP contribution is 2.30. The smallest absolute Gasteiger partial charge is 0.305 e. The second-order valence-corrected chi connectivity index (χ2v) is 10.2. The molecule has 212 valence electrons. The molecule has 2 aromatic rings. The molecule has 12 heteroatoms. The average molecular weight is 555 g/mol. The molecule has 0 bridgehead atoms. The third kappa shape index (κ3) is 6.80. The lowest BCUT2D eigenvalue weighted by Crippen LogP contribution is -2.54. The molecule has 2 atom stereocenters. The fourth-order valence-corrected chi connectivity index (χ4v) is 5.44. The number of nitro benzene ring substituents is 1. The number of nitrogens with one attached hydrogen (secondary N) is 1. The van der Waals surface area contributed by atoms with E-state index >= 15 is 0 Å². The maximum atomic E-state index is 13.7. The van der Waals surface area contributed by atoms with Crippen molar-refractivity contribution in [2.75, 3.05) is 13.1 Å². The molecule has 2 N–H and O–H groups in total. The van der Waals surface area contributed by atoms with Crippen LogP contribution < -0.4 is 5.32 Å². The molecular formula is C28H31FN4O7. The third-order valence-electron chi connectivity index (χ3n) is 7.50. The van der Waals surface area contributed by atoms with E-state index in [1.165, 1.54) is 46.2 Å². The number of amides is 3. The first-order chi connectivity index (χ1) is 19.1. The summed E-state index contributed by atoms with van der Waals surface area (Å²) in [6.07, 6.45) is 3.26. The van der Waals surface area contributed by atoms with Gasteiger partial charge >= 0.3 is 5.97 Å². The zero-order valence-electron chi connectivity index (χ0n) is 21.8. The minimum atomic E-state index is -1.37. The Kier molecular flexibility index (Phi) is 9.08. The van der Waals surface area contributed by atoms with Crippen molar-refractivity contribution in [1.29, 1.82) is 0 Å². The number of benzene rings is 2. The van der Waals surface area contributed by atoms with Gasteiger partial charge < -0.3 is 20.2 Å². The largest absolute Gasteiger partial charge is 0.481 e. The SMILES string of the molecule is O=C(O)CC(NC(=O)C1N(C(=O)CCC2CCCC2)CCN1C(=O)c1ccc(F)cc1)c1cccc([N+](=O)[O-])c1. The molecule has 1 aliphatic carbocycles. The van der Waals surface area contributed by atoms with Gasteiger partial charge in [0.05, 0.1) is 17.4 Å². The predicted molar refractivity (Wildman–Crippen MR) is 140 cm³/mol. The minimum absolute atomic E-state index is 0.0455. The van der Waals surface area contributed by atoms with Crippen LogP contribution in [0.2, 0.25) is 0 Å². The average Bonchev–Trinajstić information content (AvgIpc) is 3.62. The van der Waals surface area contributed by atoms with Crippen molar-refractivity contribution in [2.45, 2.75) is 57.2 Å². The van der Waals surface area contributed by atoms with E-state index in [1.807, 2.05) is 0 Å². The molecule has 0 radical (unpaired) electrons. The van der Waals surface area contributed by atoms with Crippen LogP contribution in [-0.4, -0.2) is 62.8 Å². The van der Waals surface area contributed by atoms with Gasteiger partial charge in [-0.2, -0.15) is 0 Å². The molecule has 4 rings (SSSR count). The summed E-state index contributed by atoms with van der Waals surface area (Å²) < 4.78 is 13.5. The van der Waals surface area contributed by atoms with Crippen LogP contribution in [0.25, 0.3) is 0 Å². The van der Waals surface area contributed by atoms with Gasteiger partial charge in [-0.05, 0) is 42.2 Å². The molecule has 2 unspecified atom stereocenters. The van der Waals surface area contributed by atoms with Crippen molar-refractivity contribution in [3.05, 3.63) is 75.6 Å². The van der Waals surface area contributed by atoms with Crippen LogP contribution in [-0.2, 0) is 14.4 Å². The first-order valence-electron chi connectivity index (χ1n) is 13.3. The Morgan fingerprint density at radius 3 is 2.38 bits per heavy atom. The van der Waals surface area contributed by atoms with Crippen molar-refractivity contribution >= 4 is 29.4 Å². The number of nitro groups is 1. The number of aliphatic carboxylic acids is 1. The van der Waals surface area contributed by atoms with Gasteiger partial charge in [0, 0.05) is 37.2 Å². The Morgan fingerprint density at radius 1 is 1.05 bits per heavy atom. The fraction of sp³-hybridized carbons (Fsp3) is 0.429. The summed E-state index contributed by atoms with van der Waals surface area (Å²) in [6, 6.07) is 8.91. The van der Waals surface area contributed by atoms with E-state index in [4.69, 9.17) is 0 Å². The zero-order chi connectivity index (χ0) is 28.8. The maximum absolute atomic E-state index is 13.7. The van der Waals surface area contributed by atoms with E-state index in [0.29, 0.717) is 12.3 Å². The van der Waals surface area contributed by atoms with E-state index in [2.05, 4.69) is 5.32 Å². The number of halogens is 1. The quantitative estimate of drug-likeness (QED) is 0.336. The van der Waals surface area contributed by atoms with Crippen LogP contribution >= 0.6 is 0 Å². The summed E-state index contributed by atoms with van der Waals surface area (Å²) in [7, 11) is 0. The first kappa shape index (κ1) is 28.7. The normalized spacial score (nSPS) is 18.0. The lowest BCUT2D eigenvalue weighted by molar-refractivity contribution is -0.384. The summed E-state index contributed by atoms with van der Waals surface area (Å²) >= 11 is 0. The Morgan fingerprint density at radius 2 is 1.73 bits per heavy atom. The topological polar surface area (TPSA) is 150 Å². The van der Waals surface area contributed by atoms with Gasteiger partial charge in [0.25, 0.3) is 17.5 Å². The minimum Gasteiger partial charge on any atom is -0.481 e. The Hall–Kier alpha value is -4.35. The highest BCUT2D eigenvalue weighted by molar-refractivity contribution is 5.99. The monoisotopic (exact) mass is 554 g/mol. The van der Waals surface area contributed by atoms with Crippen LogP contribution in [0.5, 0.6) is 0 Å². The number of non-ortho nitro benzene ring substituents is 1. The Balaban J connectivity index is 1.60. The van der Waals surface area contributed by atoms with E-state index in [-0.39, 0.29) is 42.2 Å². The summed E-state index contributed by atoms with van der Waals surface area (Å²) in [4.78, 5) is 65.2. The molecule has 11 nitrogen and oxygen atoms in total. The van der Waals surface area contributed by atoms with Crippen molar-refractivity contribution < 1.29 is 33.6 Å². The van der Waals surface area contributed by atoms with Gasteiger partial charge in [0.15, 0.2) is 6.17 Å². The van der Waals surface area contributed by atoms with E-state index in [0.717, 1.165) is 37.8 Å². The summed E-state index contributed by atoms with van der Waals surface area (Å²) in [5.74, 6) is -3.04. The van der Waals surface area contributed by atoms with Crippen LogP contribution in [0, 0.1) is 21.8 Å². The molecule has 0 aromatic heterocycles. The number of hydrogen-bond acceptors (Lipinski definition) is 6. The molecule has 1 heterocycles. The van der Waals surface area contributed by atoms with E-state index < -0.39 is 47.2 Å². The van der Waals surface area contributed by atoms with Gasteiger partial charge in [0.1, 0.15) is 5.82 Å². The third-order valence-corrected chi connectivity index (χ3v) is 7.50. The summed E-state index contributed by atoms with van der Waals surface area (Å²) in [5, 5.41) is 23.4. The van der Waals surface area contributed by atoms with Crippen LogP contribution in [0.1, 0.15) is 66.9 Å². The molecular weight excluding hydrogens is 523 g/mol. The molecule has 40 heavy (non-hydrogen) atoms. The summed E-state index contributed by atoms with van der Waals surface area (Å²) in [5.41, 5.74) is 0.0403. The number of hydrogen-bond donors (Lipinski definition) is 2. The van der Waals surface area contributed by atoms with Gasteiger partial charge in [0.2, 0.25) is 5.91 Å².